The Hall–Kier alpha value is -2.61. The second-order valence-corrected chi connectivity index (χ2v) is 7.14. The number of nitrogens with one attached hydrogen (secondary N) is 1. The van der Waals surface area contributed by atoms with Gasteiger partial charge in [-0.15, -0.1) is 0 Å². The van der Waals surface area contributed by atoms with E-state index in [1.807, 2.05) is 38.1 Å². The summed E-state index contributed by atoms with van der Waals surface area (Å²) in [6, 6.07) is 7.29. The maximum atomic E-state index is 12.9. The van der Waals surface area contributed by atoms with Crippen LogP contribution < -0.4 is 15.0 Å². The Kier molecular flexibility index (Phi) is 5.13. The summed E-state index contributed by atoms with van der Waals surface area (Å²) in [6.45, 7) is 4.20. The average molecular weight is 374 g/mol. The summed E-state index contributed by atoms with van der Waals surface area (Å²) in [6.07, 6.45) is 0. The number of anilines is 2. The minimum atomic E-state index is -0.151. The van der Waals surface area contributed by atoms with E-state index in [1.165, 1.54) is 11.3 Å². The molecule has 7 nitrogen and oxygen atoms in total. The molecule has 26 heavy (non-hydrogen) atoms. The van der Waals surface area contributed by atoms with Gasteiger partial charge in [0.1, 0.15) is 17.2 Å². The molecule has 1 N–H and O–H groups in total. The van der Waals surface area contributed by atoms with Crippen molar-refractivity contribution in [2.75, 3.05) is 37.5 Å². The van der Waals surface area contributed by atoms with Gasteiger partial charge in [-0.1, -0.05) is 23.5 Å². The number of nitrogens with zero attached hydrogens (tertiary/aromatic N) is 3. The van der Waals surface area contributed by atoms with Crippen molar-refractivity contribution in [3.05, 3.63) is 34.8 Å². The monoisotopic (exact) mass is 374 g/mol. The van der Waals surface area contributed by atoms with E-state index in [4.69, 9.17) is 4.74 Å². The van der Waals surface area contributed by atoms with Crippen LogP contribution in [0.1, 0.15) is 22.3 Å². The maximum absolute atomic E-state index is 12.9. The second-order valence-electron chi connectivity index (χ2n) is 6.14. The lowest BCUT2D eigenvalue weighted by molar-refractivity contribution is -0.121. The van der Waals surface area contributed by atoms with Crippen molar-refractivity contribution in [1.82, 2.24) is 9.88 Å². The van der Waals surface area contributed by atoms with Crippen LogP contribution in [0, 0.1) is 6.92 Å². The first-order valence-electron chi connectivity index (χ1n) is 8.35. The van der Waals surface area contributed by atoms with Gasteiger partial charge in [-0.25, -0.2) is 4.98 Å². The Balaban J connectivity index is 1.83. The molecule has 0 aliphatic carbocycles. The molecule has 1 unspecified atom stereocenters. The zero-order valence-electron chi connectivity index (χ0n) is 15.3. The van der Waals surface area contributed by atoms with E-state index in [-0.39, 0.29) is 24.4 Å². The summed E-state index contributed by atoms with van der Waals surface area (Å²) in [5.41, 5.74) is 1.40. The number of thiazole rings is 1. The largest absolute Gasteiger partial charge is 0.495 e. The summed E-state index contributed by atoms with van der Waals surface area (Å²) in [5.74, 6) is 0.365. The predicted octanol–water partition coefficient (Wildman–Crippen LogP) is 2.38. The average Bonchev–Trinajstić information content (AvgIpc) is 3.03. The molecule has 1 fully saturated rings. The molecule has 0 radical (unpaired) electrons. The maximum Gasteiger partial charge on any atom is 0.266 e. The predicted molar refractivity (Wildman–Crippen MR) is 102 cm³/mol. The zero-order valence-corrected chi connectivity index (χ0v) is 16.1. The minimum Gasteiger partial charge on any atom is -0.495 e. The van der Waals surface area contributed by atoms with Gasteiger partial charge in [-0.3, -0.25) is 9.59 Å². The number of hydrogen-bond donors (Lipinski definition) is 1. The molecule has 0 spiro atoms. The highest BCUT2D eigenvalue weighted by Crippen LogP contribution is 2.31. The summed E-state index contributed by atoms with van der Waals surface area (Å²) in [5, 5.41) is 3.65. The zero-order chi connectivity index (χ0) is 18.8. The van der Waals surface area contributed by atoms with Gasteiger partial charge < -0.3 is 19.9 Å². The number of aryl methyl sites for hydroxylation is 1. The van der Waals surface area contributed by atoms with Gasteiger partial charge in [0.05, 0.1) is 18.5 Å². The molecular weight excluding hydrogens is 352 g/mol. The molecule has 1 aliphatic rings. The van der Waals surface area contributed by atoms with E-state index in [2.05, 4.69) is 10.3 Å². The topological polar surface area (TPSA) is 74.8 Å². The van der Waals surface area contributed by atoms with E-state index in [1.54, 1.807) is 24.0 Å². The van der Waals surface area contributed by atoms with Crippen LogP contribution in [0.4, 0.5) is 10.8 Å². The summed E-state index contributed by atoms with van der Waals surface area (Å²) >= 11 is 1.31. The highest BCUT2D eigenvalue weighted by atomic mass is 32.1. The van der Waals surface area contributed by atoms with E-state index in [9.17, 15) is 9.59 Å². The number of piperazine rings is 1. The fourth-order valence-corrected chi connectivity index (χ4v) is 3.92. The molecule has 8 heteroatoms. The van der Waals surface area contributed by atoms with Crippen LogP contribution in [-0.2, 0) is 4.79 Å². The highest BCUT2D eigenvalue weighted by molar-refractivity contribution is 7.17. The number of para-hydroxylation sites is 2. The van der Waals surface area contributed by atoms with E-state index < -0.39 is 0 Å². The van der Waals surface area contributed by atoms with Crippen molar-refractivity contribution in [3.8, 4) is 5.75 Å². The van der Waals surface area contributed by atoms with Gasteiger partial charge >= 0.3 is 0 Å². The lowest BCUT2D eigenvalue weighted by atomic mass is 10.1. The third-order valence-corrected chi connectivity index (χ3v) is 5.59. The summed E-state index contributed by atoms with van der Waals surface area (Å²) in [7, 11) is 3.35. The molecule has 1 atom stereocenters. The molecule has 0 bridgehead atoms. The number of carbonyl (C=O) groups is 2. The molecule has 1 aromatic carbocycles. The van der Waals surface area contributed by atoms with Crippen LogP contribution in [0.5, 0.6) is 5.75 Å². The lowest BCUT2D eigenvalue weighted by Gasteiger charge is -2.39. The van der Waals surface area contributed by atoms with Gasteiger partial charge in [-0.2, -0.15) is 0 Å². The van der Waals surface area contributed by atoms with Crippen molar-refractivity contribution < 1.29 is 14.3 Å². The fraction of sp³-hybridized carbons (Fsp3) is 0.389. The number of amides is 2. The van der Waals surface area contributed by atoms with Gasteiger partial charge in [0.2, 0.25) is 5.91 Å². The molecule has 2 heterocycles. The molecule has 1 aliphatic heterocycles. The Bertz CT molecular complexity index is 836. The molecule has 1 aromatic heterocycles. The van der Waals surface area contributed by atoms with E-state index in [0.29, 0.717) is 28.0 Å². The number of rotatable bonds is 4. The van der Waals surface area contributed by atoms with E-state index >= 15 is 0 Å². The first kappa shape index (κ1) is 18.2. The van der Waals surface area contributed by atoms with Gasteiger partial charge in [0, 0.05) is 19.6 Å². The Morgan fingerprint density at radius 1 is 1.38 bits per heavy atom. The molecule has 0 saturated carbocycles. The number of benzene rings is 1. The van der Waals surface area contributed by atoms with Crippen LogP contribution in [-0.4, -0.2) is 55.0 Å². The molecule has 2 amide bonds. The molecule has 138 valence electrons. The van der Waals surface area contributed by atoms with Crippen LogP contribution in [0.3, 0.4) is 0 Å². The van der Waals surface area contributed by atoms with Crippen molar-refractivity contribution in [2.24, 2.45) is 0 Å². The molecule has 3 rings (SSSR count). The normalized spacial score (nSPS) is 17.4. The number of aromatic nitrogens is 1. The number of hydrogen-bond acceptors (Lipinski definition) is 6. The quantitative estimate of drug-likeness (QED) is 0.889. The second kappa shape index (κ2) is 7.33. The standard InChI is InChI=1S/C18H22N4O3S/c1-11-9-22(13-7-5-6-8-14(13)25-4)15(23)10-21(11)17(24)16-12(2)20-18(19-3)26-16/h5-8,11H,9-10H2,1-4H3,(H,19,20). The van der Waals surface area contributed by atoms with Crippen molar-refractivity contribution in [3.63, 3.8) is 0 Å². The Labute approximate surface area is 156 Å². The van der Waals surface area contributed by atoms with Crippen LogP contribution >= 0.6 is 11.3 Å². The van der Waals surface area contributed by atoms with Gasteiger partial charge in [0.25, 0.3) is 5.91 Å². The van der Waals surface area contributed by atoms with Gasteiger partial charge in [0.15, 0.2) is 5.13 Å². The van der Waals surface area contributed by atoms with Crippen molar-refractivity contribution in [1.29, 1.82) is 0 Å². The number of carbonyl (C=O) groups excluding carboxylic acids is 2. The third-order valence-electron chi connectivity index (χ3n) is 4.43. The van der Waals surface area contributed by atoms with E-state index in [0.717, 1.165) is 5.69 Å². The smallest absolute Gasteiger partial charge is 0.266 e. The molecule has 1 saturated heterocycles. The first-order chi connectivity index (χ1) is 12.5. The highest BCUT2D eigenvalue weighted by Gasteiger charge is 2.35. The fourth-order valence-electron chi connectivity index (χ4n) is 3.04. The van der Waals surface area contributed by atoms with Crippen molar-refractivity contribution >= 4 is 34.0 Å². The lowest BCUT2D eigenvalue weighted by Crippen LogP contribution is -2.57. The summed E-state index contributed by atoms with van der Waals surface area (Å²) in [4.78, 5) is 33.9. The van der Waals surface area contributed by atoms with Gasteiger partial charge in [-0.05, 0) is 26.0 Å². The number of methoxy groups -OCH3 is 1. The van der Waals surface area contributed by atoms with Crippen LogP contribution in [0.25, 0.3) is 0 Å². The third kappa shape index (κ3) is 3.24. The first-order valence-corrected chi connectivity index (χ1v) is 9.17. The molecular formula is C18H22N4O3S. The Morgan fingerprint density at radius 2 is 2.12 bits per heavy atom. The minimum absolute atomic E-state index is 0.0320. The van der Waals surface area contributed by atoms with Crippen molar-refractivity contribution in [2.45, 2.75) is 19.9 Å². The van der Waals surface area contributed by atoms with Crippen LogP contribution in [0.2, 0.25) is 0 Å². The SMILES string of the molecule is CNc1nc(C)c(C(=O)N2CC(=O)N(c3ccccc3OC)CC2C)s1. The Morgan fingerprint density at radius 3 is 2.77 bits per heavy atom. The van der Waals surface area contributed by atoms with Crippen LogP contribution in [0.15, 0.2) is 24.3 Å². The molecule has 2 aromatic rings. The summed E-state index contributed by atoms with van der Waals surface area (Å²) < 4.78 is 5.37. The number of ether oxygens (including phenoxy) is 1.